The number of hydrogen-bond acceptors (Lipinski definition) is 3. The number of ketones is 1. The second kappa shape index (κ2) is 9.69. The Bertz CT molecular complexity index is 1270. The molecule has 0 aromatic heterocycles. The van der Waals surface area contributed by atoms with Gasteiger partial charge in [0.2, 0.25) is 0 Å². The lowest BCUT2D eigenvalue weighted by Gasteiger charge is -2.23. The van der Waals surface area contributed by atoms with Crippen molar-refractivity contribution >= 4 is 39.4 Å². The van der Waals surface area contributed by atoms with Crippen molar-refractivity contribution in [3.8, 4) is 0 Å². The predicted molar refractivity (Wildman–Crippen MR) is 140 cm³/mol. The van der Waals surface area contributed by atoms with Crippen LogP contribution in [0.2, 0.25) is 0 Å². The van der Waals surface area contributed by atoms with Crippen molar-refractivity contribution in [2.75, 3.05) is 4.90 Å². The molecule has 174 valence electrons. The van der Waals surface area contributed by atoms with Crippen LogP contribution in [-0.4, -0.2) is 16.8 Å². The number of benzene rings is 3. The maximum Gasteiger partial charge on any atom is 0.264 e. The first-order valence-corrected chi connectivity index (χ1v) is 12.2. The highest BCUT2D eigenvalue weighted by Gasteiger charge is 2.50. The number of halogens is 1. The van der Waals surface area contributed by atoms with E-state index in [1.54, 1.807) is 17.0 Å². The van der Waals surface area contributed by atoms with Crippen LogP contribution in [0.15, 0.2) is 77.3 Å². The first kappa shape index (κ1) is 24.1. The van der Waals surface area contributed by atoms with Gasteiger partial charge >= 0.3 is 0 Å². The van der Waals surface area contributed by atoms with Crippen molar-refractivity contribution in [1.82, 2.24) is 0 Å². The second-order valence-electron chi connectivity index (χ2n) is 9.14. The molecule has 1 aliphatic rings. The molecule has 1 amide bonds. The summed E-state index contributed by atoms with van der Waals surface area (Å²) in [5.41, 5.74) is 3.34. The third-order valence-electron chi connectivity index (χ3n) is 6.35. The van der Waals surface area contributed by atoms with Gasteiger partial charge in [0.25, 0.3) is 5.91 Å². The number of carbonyl (C=O) groups is 2. The normalized spacial score (nSPS) is 17.6. The fourth-order valence-electron chi connectivity index (χ4n) is 4.31. The number of allylic oxidation sites excluding steroid dienone is 1. The van der Waals surface area contributed by atoms with Gasteiger partial charge in [-0.3, -0.25) is 9.59 Å². The Morgan fingerprint density at radius 2 is 1.82 bits per heavy atom. The summed E-state index contributed by atoms with van der Waals surface area (Å²) in [5.74, 6) is -0.426. The Kier molecular flexibility index (Phi) is 6.87. The van der Waals surface area contributed by atoms with Gasteiger partial charge in [-0.05, 0) is 59.4 Å². The monoisotopic (exact) mass is 517 g/mol. The van der Waals surface area contributed by atoms with Gasteiger partial charge in [0.05, 0.1) is 18.7 Å². The number of rotatable bonds is 7. The number of amides is 1. The summed E-state index contributed by atoms with van der Waals surface area (Å²) in [5, 5.41) is 11.6. The van der Waals surface area contributed by atoms with Crippen molar-refractivity contribution in [3.05, 3.63) is 105 Å². The second-order valence-corrected chi connectivity index (χ2v) is 10.1. The molecule has 3 aromatic rings. The van der Waals surface area contributed by atoms with Gasteiger partial charge in [-0.15, -0.1) is 0 Å². The maximum atomic E-state index is 13.6. The van der Waals surface area contributed by atoms with Crippen LogP contribution in [0.5, 0.6) is 0 Å². The van der Waals surface area contributed by atoms with Gasteiger partial charge in [-0.1, -0.05) is 84.4 Å². The number of hydrogen-bond donors (Lipinski definition) is 1. The van der Waals surface area contributed by atoms with E-state index in [1.807, 2.05) is 49.4 Å². The first-order valence-electron chi connectivity index (χ1n) is 11.4. The number of anilines is 1. The van der Waals surface area contributed by atoms with E-state index in [9.17, 15) is 14.7 Å². The summed E-state index contributed by atoms with van der Waals surface area (Å²) in [6, 6.07) is 21.2. The van der Waals surface area contributed by atoms with E-state index < -0.39 is 11.5 Å². The number of aryl methyl sites for hydroxylation is 1. The van der Waals surface area contributed by atoms with Crippen LogP contribution in [0.25, 0.3) is 6.08 Å². The number of fused-ring (bicyclic) bond motifs is 1. The molecule has 34 heavy (non-hydrogen) atoms. The van der Waals surface area contributed by atoms with Crippen molar-refractivity contribution in [2.45, 2.75) is 45.3 Å². The summed E-state index contributed by atoms with van der Waals surface area (Å²) in [6.45, 7) is 6.62. The molecule has 1 unspecified atom stereocenters. The fourth-order valence-corrected chi connectivity index (χ4v) is 4.67. The van der Waals surface area contributed by atoms with Crippen molar-refractivity contribution < 1.29 is 14.7 Å². The molecule has 1 aliphatic heterocycles. The van der Waals surface area contributed by atoms with Gasteiger partial charge < -0.3 is 10.0 Å². The molecule has 3 aromatic carbocycles. The van der Waals surface area contributed by atoms with Crippen LogP contribution < -0.4 is 4.90 Å². The van der Waals surface area contributed by atoms with E-state index >= 15 is 0 Å². The smallest absolute Gasteiger partial charge is 0.264 e. The molecule has 1 atom stereocenters. The Morgan fingerprint density at radius 3 is 2.53 bits per heavy atom. The number of aliphatic hydroxyl groups is 1. The van der Waals surface area contributed by atoms with Gasteiger partial charge in [0.1, 0.15) is 0 Å². The Labute approximate surface area is 209 Å². The molecule has 4 rings (SSSR count). The maximum absolute atomic E-state index is 13.6. The van der Waals surface area contributed by atoms with Crippen molar-refractivity contribution in [2.24, 2.45) is 0 Å². The van der Waals surface area contributed by atoms with E-state index in [1.165, 1.54) is 11.6 Å². The van der Waals surface area contributed by atoms with E-state index in [-0.39, 0.29) is 12.2 Å². The highest BCUT2D eigenvalue weighted by Crippen LogP contribution is 2.44. The van der Waals surface area contributed by atoms with Crippen molar-refractivity contribution in [3.63, 3.8) is 0 Å². The van der Waals surface area contributed by atoms with Crippen LogP contribution in [0.3, 0.4) is 0 Å². The van der Waals surface area contributed by atoms with Crippen molar-refractivity contribution in [1.29, 1.82) is 0 Å². The van der Waals surface area contributed by atoms with Crippen LogP contribution in [0.4, 0.5) is 5.69 Å². The molecule has 0 spiro atoms. The van der Waals surface area contributed by atoms with Crippen LogP contribution in [-0.2, 0) is 21.7 Å². The largest absolute Gasteiger partial charge is 0.375 e. The van der Waals surface area contributed by atoms with E-state index in [4.69, 9.17) is 0 Å². The van der Waals surface area contributed by atoms with E-state index in [0.29, 0.717) is 23.7 Å². The van der Waals surface area contributed by atoms with Crippen LogP contribution in [0.1, 0.15) is 54.0 Å². The topological polar surface area (TPSA) is 57.6 Å². The average Bonchev–Trinajstić information content (AvgIpc) is 3.01. The van der Waals surface area contributed by atoms with Gasteiger partial charge in [-0.2, -0.15) is 0 Å². The summed E-state index contributed by atoms with van der Waals surface area (Å²) in [7, 11) is 0. The molecular formula is C29H28BrNO3. The van der Waals surface area contributed by atoms with E-state index in [0.717, 1.165) is 21.2 Å². The summed E-state index contributed by atoms with van der Waals surface area (Å²) >= 11 is 3.45. The summed E-state index contributed by atoms with van der Waals surface area (Å²) < 4.78 is 0.740. The zero-order valence-corrected chi connectivity index (χ0v) is 21.2. The molecule has 5 heteroatoms. The third-order valence-corrected chi connectivity index (χ3v) is 6.85. The highest BCUT2D eigenvalue weighted by molar-refractivity contribution is 9.10. The predicted octanol–water partition coefficient (Wildman–Crippen LogP) is 6.29. The number of carbonyl (C=O) groups excluding carboxylic acids is 2. The van der Waals surface area contributed by atoms with Crippen LogP contribution >= 0.6 is 15.9 Å². The zero-order chi connectivity index (χ0) is 24.5. The van der Waals surface area contributed by atoms with Gasteiger partial charge in [0, 0.05) is 10.0 Å². The molecule has 0 bridgehead atoms. The molecule has 0 saturated carbocycles. The fraction of sp³-hybridized carbons (Fsp3) is 0.241. The lowest BCUT2D eigenvalue weighted by Crippen LogP contribution is -2.41. The first-order chi connectivity index (χ1) is 16.2. The minimum atomic E-state index is -1.92. The molecule has 0 aliphatic carbocycles. The SMILES string of the molecule is Cc1ccc(C(C)C)cc1CN1C(=O)C(O)(CC(=O)/C=C/c2ccccc2)c2cc(Br)ccc21. The van der Waals surface area contributed by atoms with Gasteiger partial charge in [0.15, 0.2) is 11.4 Å². The lowest BCUT2D eigenvalue weighted by atomic mass is 9.89. The summed E-state index contributed by atoms with van der Waals surface area (Å²) in [6.07, 6.45) is 2.81. The number of nitrogens with zero attached hydrogens (tertiary/aromatic N) is 1. The molecular weight excluding hydrogens is 490 g/mol. The molecule has 0 radical (unpaired) electrons. The zero-order valence-electron chi connectivity index (χ0n) is 19.6. The third kappa shape index (κ3) is 4.77. The average molecular weight is 518 g/mol. The summed E-state index contributed by atoms with van der Waals surface area (Å²) in [4.78, 5) is 28.1. The molecule has 4 nitrogen and oxygen atoms in total. The molecule has 1 N–H and O–H groups in total. The minimum absolute atomic E-state index is 0.314. The Balaban J connectivity index is 1.66. The minimum Gasteiger partial charge on any atom is -0.375 e. The standard InChI is InChI=1S/C29H28BrNO3/c1-19(2)22-11-9-20(3)23(15-22)18-31-27-14-12-24(30)16-26(27)29(34,28(31)33)17-25(32)13-10-21-7-5-4-6-8-21/h4-16,19,34H,17-18H2,1-3H3/b13-10+. The lowest BCUT2D eigenvalue weighted by molar-refractivity contribution is -0.140. The van der Waals surface area contributed by atoms with E-state index in [2.05, 4.69) is 48.0 Å². The highest BCUT2D eigenvalue weighted by atomic mass is 79.9. The Morgan fingerprint density at radius 1 is 1.09 bits per heavy atom. The molecule has 0 fully saturated rings. The Hall–Kier alpha value is -3.02. The van der Waals surface area contributed by atoms with Gasteiger partial charge in [-0.25, -0.2) is 0 Å². The molecule has 1 heterocycles. The quantitative estimate of drug-likeness (QED) is 0.374. The molecule has 0 saturated heterocycles. The van der Waals surface area contributed by atoms with Crippen LogP contribution in [0, 0.1) is 6.92 Å².